The number of hydrogen-bond acceptors (Lipinski definition) is 3. The molecule has 0 saturated heterocycles. The fraction of sp³-hybridized carbons (Fsp3) is 0.400. The molecule has 1 fully saturated rings. The monoisotopic (exact) mass is 176 g/mol. The van der Waals surface area contributed by atoms with Crippen LogP contribution in [0.15, 0.2) is 18.3 Å². The van der Waals surface area contributed by atoms with Crippen molar-refractivity contribution in [3.05, 3.63) is 23.9 Å². The largest absolute Gasteiger partial charge is 0.357 e. The highest BCUT2D eigenvalue weighted by Gasteiger charge is 2.26. The van der Waals surface area contributed by atoms with Crippen molar-refractivity contribution in [3.63, 3.8) is 0 Å². The van der Waals surface area contributed by atoms with Crippen molar-refractivity contribution >= 4 is 12.1 Å². The van der Waals surface area contributed by atoms with E-state index < -0.39 is 0 Å². The number of hydrogen-bond donors (Lipinski definition) is 0. The van der Waals surface area contributed by atoms with Gasteiger partial charge in [0.1, 0.15) is 5.82 Å². The Morgan fingerprint density at radius 2 is 2.31 bits per heavy atom. The van der Waals surface area contributed by atoms with E-state index in [1.807, 2.05) is 13.1 Å². The van der Waals surface area contributed by atoms with Gasteiger partial charge in [0.15, 0.2) is 6.29 Å². The minimum Gasteiger partial charge on any atom is -0.357 e. The van der Waals surface area contributed by atoms with Crippen LogP contribution >= 0.6 is 0 Å². The zero-order valence-electron chi connectivity index (χ0n) is 7.60. The van der Waals surface area contributed by atoms with Gasteiger partial charge in [-0.15, -0.1) is 0 Å². The molecule has 0 radical (unpaired) electrons. The Bertz CT molecular complexity index is 303. The number of carbonyl (C=O) groups excluding carboxylic acids is 1. The summed E-state index contributed by atoms with van der Waals surface area (Å²) in [5, 5.41) is 0. The molecule has 0 N–H and O–H groups in total. The van der Waals surface area contributed by atoms with Crippen molar-refractivity contribution in [1.82, 2.24) is 4.98 Å². The van der Waals surface area contributed by atoms with Gasteiger partial charge in [0.25, 0.3) is 0 Å². The summed E-state index contributed by atoms with van der Waals surface area (Å²) in [6.45, 7) is 0. The normalized spacial score (nSPS) is 15.5. The fourth-order valence-electron chi connectivity index (χ4n) is 1.32. The molecule has 3 nitrogen and oxygen atoms in total. The zero-order chi connectivity index (χ0) is 9.26. The van der Waals surface area contributed by atoms with E-state index in [1.54, 1.807) is 12.3 Å². The molecule has 1 aliphatic rings. The first kappa shape index (κ1) is 8.23. The quantitative estimate of drug-likeness (QED) is 0.654. The van der Waals surface area contributed by atoms with Crippen LogP contribution in [-0.4, -0.2) is 24.4 Å². The van der Waals surface area contributed by atoms with Crippen molar-refractivity contribution in [2.45, 2.75) is 18.9 Å². The van der Waals surface area contributed by atoms with Crippen LogP contribution in [0.5, 0.6) is 0 Å². The van der Waals surface area contributed by atoms with E-state index in [9.17, 15) is 4.79 Å². The fourth-order valence-corrected chi connectivity index (χ4v) is 1.32. The lowest BCUT2D eigenvalue weighted by molar-refractivity contribution is 0.112. The molecule has 0 bridgehead atoms. The molecule has 0 aliphatic heterocycles. The second kappa shape index (κ2) is 3.17. The zero-order valence-corrected chi connectivity index (χ0v) is 7.60. The van der Waals surface area contributed by atoms with E-state index in [-0.39, 0.29) is 0 Å². The van der Waals surface area contributed by atoms with Gasteiger partial charge >= 0.3 is 0 Å². The second-order valence-corrected chi connectivity index (χ2v) is 3.41. The molecule has 1 aromatic heterocycles. The van der Waals surface area contributed by atoms with Gasteiger partial charge in [-0.25, -0.2) is 4.98 Å². The van der Waals surface area contributed by atoms with Gasteiger partial charge in [0, 0.05) is 24.8 Å². The lowest BCUT2D eigenvalue weighted by Gasteiger charge is -2.16. The van der Waals surface area contributed by atoms with Crippen LogP contribution in [0.4, 0.5) is 5.82 Å². The van der Waals surface area contributed by atoms with E-state index in [0.717, 1.165) is 12.1 Å². The summed E-state index contributed by atoms with van der Waals surface area (Å²) in [7, 11) is 2.04. The Balaban J connectivity index is 2.16. The average Bonchev–Trinajstić information content (AvgIpc) is 3.00. The highest BCUT2D eigenvalue weighted by molar-refractivity contribution is 5.74. The summed E-state index contributed by atoms with van der Waals surface area (Å²) in [6.07, 6.45) is 4.94. The van der Waals surface area contributed by atoms with Crippen LogP contribution in [0.3, 0.4) is 0 Å². The number of nitrogens with zero attached hydrogens (tertiary/aromatic N) is 2. The van der Waals surface area contributed by atoms with Gasteiger partial charge in [0.2, 0.25) is 0 Å². The molecule has 1 aliphatic carbocycles. The topological polar surface area (TPSA) is 33.2 Å². The molecular weight excluding hydrogens is 164 g/mol. The lowest BCUT2D eigenvalue weighted by Crippen LogP contribution is -2.20. The lowest BCUT2D eigenvalue weighted by atomic mass is 10.3. The molecule has 1 saturated carbocycles. The maximum atomic E-state index is 10.4. The number of carbonyl (C=O) groups is 1. The molecular formula is C10H12N2O. The Morgan fingerprint density at radius 1 is 1.54 bits per heavy atom. The van der Waals surface area contributed by atoms with Crippen LogP contribution < -0.4 is 4.90 Å². The third kappa shape index (κ3) is 1.69. The number of aromatic nitrogens is 1. The Kier molecular flexibility index (Phi) is 2.00. The van der Waals surface area contributed by atoms with Gasteiger partial charge in [-0.05, 0) is 25.0 Å². The van der Waals surface area contributed by atoms with Crippen molar-refractivity contribution in [1.29, 1.82) is 0 Å². The van der Waals surface area contributed by atoms with Crippen LogP contribution in [0.25, 0.3) is 0 Å². The molecule has 0 unspecified atom stereocenters. The summed E-state index contributed by atoms with van der Waals surface area (Å²) in [6, 6.07) is 4.35. The van der Waals surface area contributed by atoms with Crippen molar-refractivity contribution in [2.24, 2.45) is 0 Å². The molecule has 0 amide bonds. The maximum absolute atomic E-state index is 10.4. The van der Waals surface area contributed by atoms with Gasteiger partial charge in [-0.1, -0.05) is 0 Å². The van der Waals surface area contributed by atoms with Crippen molar-refractivity contribution in [3.8, 4) is 0 Å². The van der Waals surface area contributed by atoms with Gasteiger partial charge < -0.3 is 4.90 Å². The van der Waals surface area contributed by atoms with Crippen molar-refractivity contribution in [2.75, 3.05) is 11.9 Å². The molecule has 3 heteroatoms. The van der Waals surface area contributed by atoms with Crippen LogP contribution in [-0.2, 0) is 0 Å². The van der Waals surface area contributed by atoms with E-state index in [4.69, 9.17) is 0 Å². The van der Waals surface area contributed by atoms with E-state index in [2.05, 4.69) is 9.88 Å². The number of anilines is 1. The summed E-state index contributed by atoms with van der Waals surface area (Å²) in [4.78, 5) is 16.7. The molecule has 2 rings (SSSR count). The standard InChI is InChI=1S/C10H12N2O/c1-12(9-3-4-9)10-5-2-8(7-13)6-11-10/h2,5-7,9H,3-4H2,1H3. The Labute approximate surface area is 77.4 Å². The molecule has 13 heavy (non-hydrogen) atoms. The van der Waals surface area contributed by atoms with Gasteiger partial charge in [-0.2, -0.15) is 0 Å². The smallest absolute Gasteiger partial charge is 0.151 e. The predicted molar refractivity (Wildman–Crippen MR) is 51.0 cm³/mol. The first-order valence-electron chi connectivity index (χ1n) is 4.45. The van der Waals surface area contributed by atoms with Crippen LogP contribution in [0.2, 0.25) is 0 Å². The summed E-state index contributed by atoms with van der Waals surface area (Å²) in [5.41, 5.74) is 0.632. The third-order valence-corrected chi connectivity index (χ3v) is 2.36. The number of aldehydes is 1. The van der Waals surface area contributed by atoms with Crippen LogP contribution in [0.1, 0.15) is 23.2 Å². The summed E-state index contributed by atoms with van der Waals surface area (Å²) >= 11 is 0. The number of rotatable bonds is 3. The molecule has 1 aromatic rings. The third-order valence-electron chi connectivity index (χ3n) is 2.36. The average molecular weight is 176 g/mol. The van der Waals surface area contributed by atoms with E-state index in [0.29, 0.717) is 11.6 Å². The van der Waals surface area contributed by atoms with E-state index in [1.165, 1.54) is 12.8 Å². The maximum Gasteiger partial charge on any atom is 0.151 e. The Morgan fingerprint density at radius 3 is 2.77 bits per heavy atom. The van der Waals surface area contributed by atoms with E-state index >= 15 is 0 Å². The highest BCUT2D eigenvalue weighted by atomic mass is 16.1. The minimum absolute atomic E-state index is 0.632. The predicted octanol–water partition coefficient (Wildman–Crippen LogP) is 1.49. The highest BCUT2D eigenvalue weighted by Crippen LogP contribution is 2.28. The minimum atomic E-state index is 0.632. The first-order valence-corrected chi connectivity index (χ1v) is 4.45. The molecule has 0 atom stereocenters. The summed E-state index contributed by atoms with van der Waals surface area (Å²) < 4.78 is 0. The van der Waals surface area contributed by atoms with Gasteiger partial charge in [0.05, 0.1) is 0 Å². The second-order valence-electron chi connectivity index (χ2n) is 3.41. The SMILES string of the molecule is CN(c1ccc(C=O)cn1)C1CC1. The van der Waals surface area contributed by atoms with Crippen LogP contribution in [0, 0.1) is 0 Å². The molecule has 1 heterocycles. The number of pyridine rings is 1. The molecule has 0 spiro atoms. The Hall–Kier alpha value is -1.38. The van der Waals surface area contributed by atoms with Crippen molar-refractivity contribution < 1.29 is 4.79 Å². The molecule has 0 aromatic carbocycles. The van der Waals surface area contributed by atoms with Gasteiger partial charge in [-0.3, -0.25) is 4.79 Å². The summed E-state index contributed by atoms with van der Waals surface area (Å²) in [5.74, 6) is 0.952. The first-order chi connectivity index (χ1) is 6.31. The molecule has 68 valence electrons.